The van der Waals surface area contributed by atoms with E-state index < -0.39 is 0 Å². The van der Waals surface area contributed by atoms with Crippen molar-refractivity contribution in [1.29, 1.82) is 0 Å². The van der Waals surface area contributed by atoms with Crippen LogP contribution in [0.4, 0.5) is 0 Å². The predicted molar refractivity (Wildman–Crippen MR) is 135 cm³/mol. The van der Waals surface area contributed by atoms with E-state index in [9.17, 15) is 0 Å². The van der Waals surface area contributed by atoms with Gasteiger partial charge in [0.05, 0.1) is 18.3 Å². The molecule has 0 fully saturated rings. The van der Waals surface area contributed by atoms with Crippen molar-refractivity contribution in [2.24, 2.45) is 0 Å². The van der Waals surface area contributed by atoms with Gasteiger partial charge in [-0.25, -0.2) is 4.98 Å². The number of rotatable bonds is 6. The molecule has 0 saturated carbocycles. The number of pyridine rings is 1. The maximum absolute atomic E-state index is 5.60. The van der Waals surface area contributed by atoms with E-state index >= 15 is 0 Å². The maximum atomic E-state index is 5.60. The van der Waals surface area contributed by atoms with Crippen molar-refractivity contribution in [3.8, 4) is 17.0 Å². The van der Waals surface area contributed by atoms with E-state index in [4.69, 9.17) is 9.72 Å². The summed E-state index contributed by atoms with van der Waals surface area (Å²) in [4.78, 5) is 5.10. The number of methoxy groups -OCH3 is 1. The molecule has 6 aromatic rings. The number of fused-ring (bicyclic) bond motifs is 5. The Hall–Kier alpha value is -4.05. The Labute approximate surface area is 192 Å². The molecule has 3 aromatic carbocycles. The lowest BCUT2D eigenvalue weighted by molar-refractivity contribution is 0.416. The number of nitrogens with zero attached hydrogens (tertiary/aromatic N) is 3. The Morgan fingerprint density at radius 1 is 0.818 bits per heavy atom. The third-order valence-electron chi connectivity index (χ3n) is 6.43. The molecular weight excluding hydrogens is 406 g/mol. The van der Waals surface area contributed by atoms with Gasteiger partial charge in [0.15, 0.2) is 5.65 Å². The van der Waals surface area contributed by atoms with Crippen LogP contribution in [0.5, 0.6) is 5.75 Å². The predicted octanol–water partition coefficient (Wildman–Crippen LogP) is 6.75. The van der Waals surface area contributed by atoms with Crippen molar-refractivity contribution in [3.63, 3.8) is 0 Å². The van der Waals surface area contributed by atoms with Crippen LogP contribution in [-0.4, -0.2) is 21.1 Å². The lowest BCUT2D eigenvalue weighted by Gasteiger charge is -2.08. The number of hydrogen-bond donors (Lipinski definition) is 0. The lowest BCUT2D eigenvalue weighted by atomic mass is 10.1. The molecule has 3 heterocycles. The van der Waals surface area contributed by atoms with E-state index in [-0.39, 0.29) is 0 Å². The van der Waals surface area contributed by atoms with Gasteiger partial charge in [-0.2, -0.15) is 0 Å². The molecule has 0 atom stereocenters. The zero-order valence-corrected chi connectivity index (χ0v) is 18.6. The Morgan fingerprint density at radius 3 is 2.48 bits per heavy atom. The van der Waals surface area contributed by atoms with Gasteiger partial charge in [-0.05, 0) is 42.7 Å². The maximum Gasteiger partial charge on any atom is 0.162 e. The van der Waals surface area contributed by atoms with Crippen LogP contribution >= 0.6 is 0 Å². The van der Waals surface area contributed by atoms with Crippen LogP contribution in [0.1, 0.15) is 12.0 Å². The first-order chi connectivity index (χ1) is 16.3. The van der Waals surface area contributed by atoms with Crippen LogP contribution < -0.4 is 4.74 Å². The molecule has 162 valence electrons. The SMILES string of the molecule is COc1ccccc1-c1cn2ccc3c4ccccc4n(CCCc4ccccc4)c3c2n1. The summed E-state index contributed by atoms with van der Waals surface area (Å²) in [5, 5.41) is 2.52. The van der Waals surface area contributed by atoms with E-state index in [0.29, 0.717) is 0 Å². The van der Waals surface area contributed by atoms with Crippen LogP contribution in [0, 0.1) is 0 Å². The molecule has 0 aliphatic rings. The number of imidazole rings is 1. The second-order valence-electron chi connectivity index (χ2n) is 8.39. The zero-order chi connectivity index (χ0) is 22.2. The van der Waals surface area contributed by atoms with Gasteiger partial charge in [0.2, 0.25) is 0 Å². The van der Waals surface area contributed by atoms with Gasteiger partial charge in [-0.15, -0.1) is 0 Å². The van der Waals surface area contributed by atoms with Gasteiger partial charge in [0.25, 0.3) is 0 Å². The van der Waals surface area contributed by atoms with E-state index in [0.717, 1.165) is 42.0 Å². The third-order valence-corrected chi connectivity index (χ3v) is 6.43. The summed E-state index contributed by atoms with van der Waals surface area (Å²) >= 11 is 0. The Kier molecular flexibility index (Phi) is 4.84. The average molecular weight is 432 g/mol. The highest BCUT2D eigenvalue weighted by molar-refractivity contribution is 6.12. The fourth-order valence-electron chi connectivity index (χ4n) is 4.88. The van der Waals surface area contributed by atoms with Crippen LogP contribution in [0.25, 0.3) is 38.7 Å². The van der Waals surface area contributed by atoms with Crippen LogP contribution in [-0.2, 0) is 13.0 Å². The topological polar surface area (TPSA) is 31.5 Å². The van der Waals surface area contributed by atoms with Crippen LogP contribution in [0.3, 0.4) is 0 Å². The van der Waals surface area contributed by atoms with E-state index in [1.54, 1.807) is 7.11 Å². The first-order valence-corrected chi connectivity index (χ1v) is 11.4. The molecule has 4 nitrogen and oxygen atoms in total. The zero-order valence-electron chi connectivity index (χ0n) is 18.6. The summed E-state index contributed by atoms with van der Waals surface area (Å²) in [6.45, 7) is 0.940. The van der Waals surface area contributed by atoms with Crippen molar-refractivity contribution in [3.05, 3.63) is 103 Å². The Morgan fingerprint density at radius 2 is 1.61 bits per heavy atom. The molecule has 0 unspecified atom stereocenters. The van der Waals surface area contributed by atoms with Gasteiger partial charge < -0.3 is 13.7 Å². The van der Waals surface area contributed by atoms with Gasteiger partial charge in [0.1, 0.15) is 5.75 Å². The number of aromatic nitrogens is 3. The fraction of sp³-hybridized carbons (Fsp3) is 0.138. The lowest BCUT2D eigenvalue weighted by Crippen LogP contribution is -2.01. The monoisotopic (exact) mass is 431 g/mol. The molecule has 0 aliphatic heterocycles. The minimum absolute atomic E-state index is 0.834. The van der Waals surface area contributed by atoms with Crippen molar-refractivity contribution in [2.75, 3.05) is 7.11 Å². The highest BCUT2D eigenvalue weighted by atomic mass is 16.5. The quantitative estimate of drug-likeness (QED) is 0.292. The summed E-state index contributed by atoms with van der Waals surface area (Å²) in [6, 6.07) is 29.7. The van der Waals surface area contributed by atoms with Gasteiger partial charge in [-0.3, -0.25) is 0 Å². The summed E-state index contributed by atoms with van der Waals surface area (Å²) in [7, 11) is 1.71. The van der Waals surface area contributed by atoms with E-state index in [1.165, 1.54) is 27.4 Å². The molecule has 0 bridgehead atoms. The molecule has 3 aromatic heterocycles. The fourth-order valence-corrected chi connectivity index (χ4v) is 4.88. The molecule has 4 heteroatoms. The minimum atomic E-state index is 0.834. The molecular formula is C29H25N3O. The van der Waals surface area contributed by atoms with Crippen molar-refractivity contribution in [1.82, 2.24) is 14.0 Å². The number of benzene rings is 3. The second kappa shape index (κ2) is 8.14. The first kappa shape index (κ1) is 19.6. The number of ether oxygens (including phenoxy) is 1. The summed E-state index contributed by atoms with van der Waals surface area (Å²) < 4.78 is 10.2. The molecule has 0 aliphatic carbocycles. The van der Waals surface area contributed by atoms with Crippen LogP contribution in [0.2, 0.25) is 0 Å². The highest BCUT2D eigenvalue weighted by Gasteiger charge is 2.17. The molecule has 0 saturated heterocycles. The minimum Gasteiger partial charge on any atom is -0.496 e. The van der Waals surface area contributed by atoms with E-state index in [1.807, 2.05) is 18.2 Å². The first-order valence-electron chi connectivity index (χ1n) is 11.4. The summed E-state index contributed by atoms with van der Waals surface area (Å²) in [5.74, 6) is 0.834. The Balaban J connectivity index is 1.50. The molecule has 33 heavy (non-hydrogen) atoms. The van der Waals surface area contributed by atoms with Gasteiger partial charge in [0, 0.05) is 40.8 Å². The number of hydrogen-bond acceptors (Lipinski definition) is 2. The van der Waals surface area contributed by atoms with Crippen molar-refractivity contribution < 1.29 is 4.74 Å². The van der Waals surface area contributed by atoms with Gasteiger partial charge >= 0.3 is 0 Å². The Bertz CT molecular complexity index is 1580. The standard InChI is InChI=1S/C29H25N3O/c1-33-27-16-8-6-14-24(27)25-20-31-19-17-23-22-13-5-7-15-26(22)32(28(23)29(31)30-25)18-9-12-21-10-3-2-4-11-21/h2-8,10-11,13-17,19-20H,9,12,18H2,1H3. The smallest absolute Gasteiger partial charge is 0.162 e. The number of aryl methyl sites for hydroxylation is 2. The molecule has 6 rings (SSSR count). The highest BCUT2D eigenvalue weighted by Crippen LogP contribution is 2.34. The van der Waals surface area contributed by atoms with Crippen molar-refractivity contribution in [2.45, 2.75) is 19.4 Å². The third kappa shape index (κ3) is 3.35. The van der Waals surface area contributed by atoms with Gasteiger partial charge in [-0.1, -0.05) is 60.7 Å². The van der Waals surface area contributed by atoms with Crippen molar-refractivity contribution >= 4 is 27.5 Å². The average Bonchev–Trinajstić information content (AvgIpc) is 3.44. The van der Waals surface area contributed by atoms with E-state index in [2.05, 4.69) is 88.1 Å². The molecule has 0 spiro atoms. The molecule has 0 N–H and O–H groups in total. The summed E-state index contributed by atoms with van der Waals surface area (Å²) in [6.07, 6.45) is 6.33. The molecule has 0 radical (unpaired) electrons. The number of para-hydroxylation sites is 2. The molecule has 0 amide bonds. The summed E-state index contributed by atoms with van der Waals surface area (Å²) in [5.41, 5.74) is 6.72. The second-order valence-corrected chi connectivity index (χ2v) is 8.39. The van der Waals surface area contributed by atoms with Crippen LogP contribution in [0.15, 0.2) is 97.3 Å². The largest absolute Gasteiger partial charge is 0.496 e. The normalized spacial score (nSPS) is 11.5.